The zero-order valence-electron chi connectivity index (χ0n) is 18.6. The summed E-state index contributed by atoms with van der Waals surface area (Å²) in [7, 11) is 0. The van der Waals surface area contributed by atoms with E-state index in [1.807, 2.05) is 21.0 Å². The molecule has 0 radical (unpaired) electrons. The first kappa shape index (κ1) is 21.9. The lowest BCUT2D eigenvalue weighted by Crippen LogP contribution is -2.36. The average molecular weight is 471 g/mol. The van der Waals surface area contributed by atoms with E-state index >= 15 is 0 Å². The first-order chi connectivity index (χ1) is 16.2. The van der Waals surface area contributed by atoms with Crippen LogP contribution in [0.25, 0.3) is 11.2 Å². The van der Waals surface area contributed by atoms with Gasteiger partial charge in [-0.3, -0.25) is 4.68 Å². The van der Waals surface area contributed by atoms with Gasteiger partial charge in [-0.15, -0.1) is 5.10 Å². The van der Waals surface area contributed by atoms with E-state index < -0.39 is 0 Å². The summed E-state index contributed by atoms with van der Waals surface area (Å²) < 4.78 is 3.90. The number of thioether (sulfide) groups is 1. The largest absolute Gasteiger partial charge is 0.382 e. The van der Waals surface area contributed by atoms with Gasteiger partial charge in [-0.25, -0.2) is 19.7 Å². The smallest absolute Gasteiger partial charge is 0.315 e. The lowest BCUT2D eigenvalue weighted by atomic mass is 10.0. The molecule has 3 atom stereocenters. The van der Waals surface area contributed by atoms with Crippen LogP contribution in [0.4, 0.5) is 10.6 Å². The fourth-order valence-corrected chi connectivity index (χ4v) is 6.22. The van der Waals surface area contributed by atoms with E-state index in [9.17, 15) is 4.79 Å². The van der Waals surface area contributed by atoms with Crippen LogP contribution in [0.1, 0.15) is 44.2 Å². The molecule has 11 nitrogen and oxygen atoms in total. The van der Waals surface area contributed by atoms with Gasteiger partial charge in [0, 0.05) is 30.3 Å². The number of hydrogen-bond donors (Lipinski definition) is 3. The van der Waals surface area contributed by atoms with E-state index in [4.69, 9.17) is 5.73 Å². The number of nitrogens with two attached hydrogens (primary N) is 1. The zero-order valence-corrected chi connectivity index (χ0v) is 19.4. The number of nitrogens with zero attached hydrogens (tertiary/aromatic N) is 7. The quantitative estimate of drug-likeness (QED) is 0.284. The number of aryl methyl sites for hydroxylation is 3. The van der Waals surface area contributed by atoms with Crippen molar-refractivity contribution in [2.45, 2.75) is 75.4 Å². The van der Waals surface area contributed by atoms with Gasteiger partial charge in [0.2, 0.25) is 0 Å². The van der Waals surface area contributed by atoms with Gasteiger partial charge >= 0.3 is 6.03 Å². The highest BCUT2D eigenvalue weighted by Crippen LogP contribution is 2.33. The van der Waals surface area contributed by atoms with Crippen LogP contribution in [0.3, 0.4) is 0 Å². The molecule has 0 spiro atoms. The number of amides is 2. The molecule has 176 valence electrons. The van der Waals surface area contributed by atoms with Crippen LogP contribution in [-0.2, 0) is 19.5 Å². The number of nitrogen functional groups attached to an aromatic ring is 1. The molecular weight excluding hydrogens is 440 g/mol. The fraction of sp³-hybridized carbons (Fsp3) is 0.619. The van der Waals surface area contributed by atoms with Gasteiger partial charge in [-0.05, 0) is 25.7 Å². The summed E-state index contributed by atoms with van der Waals surface area (Å²) >= 11 is 1.99. The van der Waals surface area contributed by atoms with E-state index in [1.165, 1.54) is 32.0 Å². The highest BCUT2D eigenvalue weighted by Gasteiger charge is 2.42. The molecule has 0 aliphatic carbocycles. The molecule has 3 aromatic heterocycles. The summed E-state index contributed by atoms with van der Waals surface area (Å²) in [6.07, 6.45) is 13.1. The lowest BCUT2D eigenvalue weighted by molar-refractivity contribution is 0.247. The van der Waals surface area contributed by atoms with Crippen molar-refractivity contribution in [1.29, 1.82) is 0 Å². The number of unbranched alkanes of at least 4 members (excludes halogenated alkanes) is 3. The van der Waals surface area contributed by atoms with Crippen LogP contribution in [-0.4, -0.2) is 63.6 Å². The second-order valence-electron chi connectivity index (χ2n) is 8.77. The fourth-order valence-electron chi connectivity index (χ4n) is 4.68. The molecule has 0 bridgehead atoms. The first-order valence-electron chi connectivity index (χ1n) is 11.7. The van der Waals surface area contributed by atoms with Gasteiger partial charge in [0.15, 0.2) is 11.5 Å². The zero-order chi connectivity index (χ0) is 22.6. The summed E-state index contributed by atoms with van der Waals surface area (Å²) in [6.45, 7) is 1.57. The Morgan fingerprint density at radius 3 is 2.94 bits per heavy atom. The van der Waals surface area contributed by atoms with Crippen molar-refractivity contribution >= 4 is 34.8 Å². The lowest BCUT2D eigenvalue weighted by Gasteiger charge is -2.16. The molecule has 2 fully saturated rings. The highest BCUT2D eigenvalue weighted by molar-refractivity contribution is 8.00. The minimum Gasteiger partial charge on any atom is -0.382 e. The first-order valence-corrected chi connectivity index (χ1v) is 12.7. The Labute approximate surface area is 196 Å². The summed E-state index contributed by atoms with van der Waals surface area (Å²) in [4.78, 5) is 24.0. The van der Waals surface area contributed by atoms with Crippen LogP contribution >= 0.6 is 11.8 Å². The molecule has 12 heteroatoms. The third-order valence-corrected chi connectivity index (χ3v) is 7.92. The number of imidazole rings is 1. The Hall–Kier alpha value is -2.89. The summed E-state index contributed by atoms with van der Waals surface area (Å²) in [5, 5.41) is 15.2. The van der Waals surface area contributed by atoms with Crippen LogP contribution in [0.2, 0.25) is 0 Å². The van der Waals surface area contributed by atoms with E-state index in [0.29, 0.717) is 28.7 Å². The molecule has 5 rings (SSSR count). The number of rotatable bonds is 11. The SMILES string of the molecule is Nc1ncnc2c1ncn2CCCn1cc(CCCCCC[C@@H]2SC[C@@H]3NC(=O)N[C@@H]32)nn1. The molecule has 5 heterocycles. The minimum atomic E-state index is -0.00156. The average Bonchev–Trinajstić information content (AvgIpc) is 3.57. The van der Waals surface area contributed by atoms with Gasteiger partial charge in [0.1, 0.15) is 11.8 Å². The third kappa shape index (κ3) is 5.05. The molecule has 2 aliphatic rings. The number of carbonyl (C=O) groups excluding carboxylic acids is 1. The maximum atomic E-state index is 11.5. The molecule has 2 amide bonds. The van der Waals surface area contributed by atoms with Crippen molar-refractivity contribution in [3.8, 4) is 0 Å². The predicted octanol–water partition coefficient (Wildman–Crippen LogP) is 1.75. The molecule has 2 aliphatic heterocycles. The maximum absolute atomic E-state index is 11.5. The Morgan fingerprint density at radius 2 is 2.00 bits per heavy atom. The van der Waals surface area contributed by atoms with Gasteiger partial charge in [0.25, 0.3) is 0 Å². The van der Waals surface area contributed by atoms with E-state index in [-0.39, 0.29) is 6.03 Å². The number of urea groups is 1. The normalized spacial score (nSPS) is 21.9. The molecule has 33 heavy (non-hydrogen) atoms. The van der Waals surface area contributed by atoms with Gasteiger partial charge in [-0.1, -0.05) is 24.5 Å². The Bertz CT molecular complexity index is 1100. The Morgan fingerprint density at radius 1 is 1.09 bits per heavy atom. The molecule has 0 unspecified atom stereocenters. The van der Waals surface area contributed by atoms with Crippen molar-refractivity contribution in [3.05, 3.63) is 24.5 Å². The van der Waals surface area contributed by atoms with E-state index in [2.05, 4.69) is 42.1 Å². The summed E-state index contributed by atoms with van der Waals surface area (Å²) in [5.74, 6) is 1.44. The predicted molar refractivity (Wildman–Crippen MR) is 127 cm³/mol. The number of carbonyl (C=O) groups is 1. The second-order valence-corrected chi connectivity index (χ2v) is 10.0. The maximum Gasteiger partial charge on any atom is 0.315 e. The van der Waals surface area contributed by atoms with Gasteiger partial charge in [-0.2, -0.15) is 11.8 Å². The standard InChI is InChI=1S/C21H30N10OS/c22-19-18-20(24-12-23-19)30(13-25-18)8-5-9-31-10-14(28-29-31)6-3-1-2-4-7-16-17-15(11-33-16)26-21(32)27-17/h10,12-13,15-17H,1-9,11H2,(H2,22,23,24)(H2,26,27,32)/t15-,16-,17-/m0/s1. The van der Waals surface area contributed by atoms with Crippen molar-refractivity contribution in [1.82, 2.24) is 45.1 Å². The minimum absolute atomic E-state index is 0.00156. The molecule has 0 saturated carbocycles. The molecule has 2 saturated heterocycles. The van der Waals surface area contributed by atoms with Crippen LogP contribution in [0, 0.1) is 0 Å². The number of fused-ring (bicyclic) bond motifs is 2. The third-order valence-electron chi connectivity index (χ3n) is 6.41. The van der Waals surface area contributed by atoms with Gasteiger partial charge < -0.3 is 20.9 Å². The van der Waals surface area contributed by atoms with Gasteiger partial charge in [0.05, 0.1) is 24.1 Å². The molecule has 3 aromatic rings. The Kier molecular flexibility index (Phi) is 6.60. The van der Waals surface area contributed by atoms with Crippen molar-refractivity contribution < 1.29 is 4.79 Å². The van der Waals surface area contributed by atoms with Crippen LogP contribution in [0.5, 0.6) is 0 Å². The summed E-state index contributed by atoms with van der Waals surface area (Å²) in [5.41, 5.74) is 8.31. The number of hydrogen-bond acceptors (Lipinski definition) is 8. The summed E-state index contributed by atoms with van der Waals surface area (Å²) in [6, 6.07) is 0.636. The Balaban J connectivity index is 0.972. The molecular formula is C21H30N10OS. The van der Waals surface area contributed by atoms with Crippen molar-refractivity contribution in [2.24, 2.45) is 0 Å². The topological polar surface area (TPSA) is 141 Å². The number of aromatic nitrogens is 7. The van der Waals surface area contributed by atoms with E-state index in [1.54, 1.807) is 6.33 Å². The van der Waals surface area contributed by atoms with Crippen molar-refractivity contribution in [3.63, 3.8) is 0 Å². The number of nitrogens with one attached hydrogen (secondary N) is 2. The number of anilines is 1. The van der Waals surface area contributed by atoms with Crippen LogP contribution in [0.15, 0.2) is 18.9 Å². The highest BCUT2D eigenvalue weighted by atomic mass is 32.2. The van der Waals surface area contributed by atoms with Crippen LogP contribution < -0.4 is 16.4 Å². The molecule has 0 aromatic carbocycles. The van der Waals surface area contributed by atoms with E-state index in [0.717, 1.165) is 49.4 Å². The monoisotopic (exact) mass is 470 g/mol. The second kappa shape index (κ2) is 9.94. The molecule has 4 N–H and O–H groups in total. The van der Waals surface area contributed by atoms with Crippen molar-refractivity contribution in [2.75, 3.05) is 11.5 Å².